The third-order valence-electron chi connectivity index (χ3n) is 4.11. The van der Waals surface area contributed by atoms with Crippen LogP contribution in [-0.2, 0) is 0 Å². The van der Waals surface area contributed by atoms with Crippen LogP contribution < -0.4 is 0 Å². The van der Waals surface area contributed by atoms with Gasteiger partial charge in [-0.05, 0) is 19.3 Å². The lowest BCUT2D eigenvalue weighted by atomic mass is 9.86. The van der Waals surface area contributed by atoms with Crippen molar-refractivity contribution < 1.29 is 4.48 Å². The van der Waals surface area contributed by atoms with Crippen molar-refractivity contribution in [3.8, 4) is 0 Å². The minimum atomic E-state index is 1.00. The molecular weight excluding hydrogens is 170 g/mol. The summed E-state index contributed by atoms with van der Waals surface area (Å²) in [6.07, 6.45) is 10.3. The zero-order valence-corrected chi connectivity index (χ0v) is 9.71. The Labute approximate surface area is 88.4 Å². The van der Waals surface area contributed by atoms with Crippen molar-refractivity contribution >= 4 is 0 Å². The number of fused-ring (bicyclic) bond motifs is 1. The Morgan fingerprint density at radius 2 is 1.71 bits per heavy atom. The molecule has 0 amide bonds. The van der Waals surface area contributed by atoms with E-state index < -0.39 is 0 Å². The average Bonchev–Trinajstić information content (AvgIpc) is 2.51. The molecule has 0 saturated carbocycles. The number of allylic oxidation sites excluding steroid dienone is 2. The minimum absolute atomic E-state index is 1.00. The van der Waals surface area contributed by atoms with Crippen molar-refractivity contribution in [1.82, 2.24) is 0 Å². The lowest BCUT2D eigenvalue weighted by molar-refractivity contribution is -0.900. The molecule has 0 radical (unpaired) electrons. The van der Waals surface area contributed by atoms with E-state index in [1.54, 1.807) is 0 Å². The fourth-order valence-corrected chi connectivity index (χ4v) is 3.30. The fraction of sp³-hybridized carbons (Fsp3) is 0.846. The van der Waals surface area contributed by atoms with Crippen molar-refractivity contribution in [2.45, 2.75) is 32.6 Å². The molecule has 0 N–H and O–H groups in total. The van der Waals surface area contributed by atoms with Crippen LogP contribution in [0, 0.1) is 11.8 Å². The molecule has 0 spiro atoms. The number of likely N-dealkylation sites (tertiary alicyclic amines) is 1. The van der Waals surface area contributed by atoms with Gasteiger partial charge in [0, 0.05) is 11.8 Å². The van der Waals surface area contributed by atoms with Crippen molar-refractivity contribution in [1.29, 1.82) is 0 Å². The van der Waals surface area contributed by atoms with E-state index in [4.69, 9.17) is 0 Å². The topological polar surface area (TPSA) is 0 Å². The van der Waals surface area contributed by atoms with Gasteiger partial charge in [0.25, 0.3) is 0 Å². The highest BCUT2D eigenvalue weighted by atomic mass is 15.3. The van der Waals surface area contributed by atoms with Gasteiger partial charge >= 0.3 is 0 Å². The number of nitrogens with zero attached hydrogens (tertiary/aromatic N) is 1. The number of hydrogen-bond donors (Lipinski definition) is 0. The molecule has 2 aliphatic rings. The van der Waals surface area contributed by atoms with Crippen LogP contribution in [0.15, 0.2) is 12.2 Å². The van der Waals surface area contributed by atoms with E-state index in [1.807, 2.05) is 0 Å². The van der Waals surface area contributed by atoms with Crippen LogP contribution >= 0.6 is 0 Å². The molecule has 1 aliphatic heterocycles. The van der Waals surface area contributed by atoms with Gasteiger partial charge < -0.3 is 4.48 Å². The second kappa shape index (κ2) is 4.06. The zero-order chi connectivity index (χ0) is 10.0. The monoisotopic (exact) mass is 194 g/mol. The van der Waals surface area contributed by atoms with Gasteiger partial charge in [-0.1, -0.05) is 25.5 Å². The fourth-order valence-electron chi connectivity index (χ4n) is 3.30. The predicted octanol–water partition coefficient (Wildman–Crippen LogP) is 2.83. The summed E-state index contributed by atoms with van der Waals surface area (Å²) in [5.74, 6) is 2.00. The summed E-state index contributed by atoms with van der Waals surface area (Å²) < 4.78 is 1.35. The molecule has 80 valence electrons. The van der Waals surface area contributed by atoms with Crippen LogP contribution in [0.25, 0.3) is 0 Å². The summed E-state index contributed by atoms with van der Waals surface area (Å²) in [4.78, 5) is 0. The smallest absolute Gasteiger partial charge is 0.0821 e. The minimum Gasteiger partial charge on any atom is -0.326 e. The molecule has 14 heavy (non-hydrogen) atoms. The Morgan fingerprint density at radius 3 is 2.21 bits per heavy atom. The third kappa shape index (κ3) is 2.03. The standard InChI is InChI=1S/C13H24N/c1-3-4-9-14(2)10-12-7-5-6-8-13(12)11-14/h5-6,12-13H,3-4,7-11H2,1-2H3/q+1. The van der Waals surface area contributed by atoms with Crippen LogP contribution in [0.1, 0.15) is 32.6 Å². The molecule has 1 nitrogen and oxygen atoms in total. The van der Waals surface area contributed by atoms with E-state index in [0.717, 1.165) is 11.8 Å². The molecule has 1 saturated heterocycles. The first-order chi connectivity index (χ1) is 6.73. The van der Waals surface area contributed by atoms with Crippen LogP contribution in [0.3, 0.4) is 0 Å². The Bertz CT molecular complexity index is 203. The van der Waals surface area contributed by atoms with Gasteiger partial charge in [-0.3, -0.25) is 0 Å². The summed E-state index contributed by atoms with van der Waals surface area (Å²) in [5.41, 5.74) is 0. The summed E-state index contributed by atoms with van der Waals surface area (Å²) >= 11 is 0. The van der Waals surface area contributed by atoms with Crippen molar-refractivity contribution in [2.75, 3.05) is 26.7 Å². The molecule has 2 unspecified atom stereocenters. The summed E-state index contributed by atoms with van der Waals surface area (Å²) in [6, 6.07) is 0. The summed E-state index contributed by atoms with van der Waals surface area (Å²) in [7, 11) is 2.47. The maximum Gasteiger partial charge on any atom is 0.0821 e. The van der Waals surface area contributed by atoms with Gasteiger partial charge in [0.1, 0.15) is 0 Å². The predicted molar refractivity (Wildman–Crippen MR) is 61.0 cm³/mol. The highest BCUT2D eigenvalue weighted by molar-refractivity contribution is 4.96. The first-order valence-corrected chi connectivity index (χ1v) is 6.22. The molecule has 0 aromatic heterocycles. The van der Waals surface area contributed by atoms with E-state index in [0.29, 0.717) is 0 Å². The molecule has 2 atom stereocenters. The Morgan fingerprint density at radius 1 is 1.14 bits per heavy atom. The lowest BCUT2D eigenvalue weighted by Gasteiger charge is -2.29. The largest absolute Gasteiger partial charge is 0.326 e. The van der Waals surface area contributed by atoms with Crippen LogP contribution in [0.2, 0.25) is 0 Å². The van der Waals surface area contributed by atoms with Gasteiger partial charge in [-0.25, -0.2) is 0 Å². The van der Waals surface area contributed by atoms with Crippen LogP contribution in [0.4, 0.5) is 0 Å². The van der Waals surface area contributed by atoms with Gasteiger partial charge in [-0.15, -0.1) is 0 Å². The van der Waals surface area contributed by atoms with Gasteiger partial charge in [0.2, 0.25) is 0 Å². The first kappa shape index (κ1) is 10.2. The Hall–Kier alpha value is -0.300. The van der Waals surface area contributed by atoms with E-state index in [9.17, 15) is 0 Å². The van der Waals surface area contributed by atoms with Crippen LogP contribution in [0.5, 0.6) is 0 Å². The first-order valence-electron chi connectivity index (χ1n) is 6.22. The average molecular weight is 194 g/mol. The Kier molecular flexibility index (Phi) is 2.96. The van der Waals surface area contributed by atoms with Crippen LogP contribution in [-0.4, -0.2) is 31.2 Å². The molecule has 0 bridgehead atoms. The van der Waals surface area contributed by atoms with Gasteiger partial charge in [0.15, 0.2) is 0 Å². The third-order valence-corrected chi connectivity index (χ3v) is 4.11. The lowest BCUT2D eigenvalue weighted by Crippen LogP contribution is -2.42. The molecule has 0 aromatic rings. The van der Waals surface area contributed by atoms with E-state index >= 15 is 0 Å². The van der Waals surface area contributed by atoms with E-state index in [2.05, 4.69) is 26.1 Å². The van der Waals surface area contributed by atoms with Crippen molar-refractivity contribution in [2.24, 2.45) is 11.8 Å². The molecular formula is C13H24N+. The maximum absolute atomic E-state index is 2.47. The summed E-state index contributed by atoms with van der Waals surface area (Å²) in [5, 5.41) is 0. The SMILES string of the molecule is CCCC[N+]1(C)CC2CC=CCC2C1. The molecule has 1 heterocycles. The number of hydrogen-bond acceptors (Lipinski definition) is 0. The van der Waals surface area contributed by atoms with Crippen molar-refractivity contribution in [3.05, 3.63) is 12.2 Å². The highest BCUT2D eigenvalue weighted by Crippen LogP contribution is 2.36. The molecule has 1 fully saturated rings. The molecule has 1 heteroatoms. The normalized spacial score (nSPS) is 41.3. The quantitative estimate of drug-likeness (QED) is 0.479. The number of rotatable bonds is 3. The number of unbranched alkanes of at least 4 members (excludes halogenated alkanes) is 1. The molecule has 1 aliphatic carbocycles. The second-order valence-corrected chi connectivity index (χ2v) is 5.52. The molecule has 2 rings (SSSR count). The molecule has 0 aromatic carbocycles. The Balaban J connectivity index is 1.92. The van der Waals surface area contributed by atoms with E-state index in [1.165, 1.54) is 49.8 Å². The highest BCUT2D eigenvalue weighted by Gasteiger charge is 2.41. The van der Waals surface area contributed by atoms with Gasteiger partial charge in [-0.2, -0.15) is 0 Å². The van der Waals surface area contributed by atoms with E-state index in [-0.39, 0.29) is 0 Å². The second-order valence-electron chi connectivity index (χ2n) is 5.52. The van der Waals surface area contributed by atoms with Crippen molar-refractivity contribution in [3.63, 3.8) is 0 Å². The zero-order valence-electron chi connectivity index (χ0n) is 9.71. The number of quaternary nitrogens is 1. The van der Waals surface area contributed by atoms with Gasteiger partial charge in [0.05, 0.1) is 26.7 Å². The maximum atomic E-state index is 2.47. The summed E-state index contributed by atoms with van der Waals surface area (Å²) in [6.45, 7) is 6.59.